The van der Waals surface area contributed by atoms with Gasteiger partial charge in [-0.15, -0.1) is 0 Å². The summed E-state index contributed by atoms with van der Waals surface area (Å²) in [6.07, 6.45) is 0.939. The Hall–Kier alpha value is -1.77. The Bertz CT molecular complexity index is 578. The molecule has 1 aromatic heterocycles. The van der Waals surface area contributed by atoms with Crippen molar-refractivity contribution in [3.8, 4) is 11.6 Å². The Kier molecular flexibility index (Phi) is 2.39. The maximum absolute atomic E-state index is 5.57. The lowest BCUT2D eigenvalue weighted by molar-refractivity contribution is 0.328. The molecule has 0 N–H and O–H groups in total. The molecule has 3 nitrogen and oxygen atoms in total. The van der Waals surface area contributed by atoms with E-state index in [4.69, 9.17) is 9.47 Å². The highest BCUT2D eigenvalue weighted by Gasteiger charge is 2.17. The molecule has 0 bridgehead atoms. The van der Waals surface area contributed by atoms with Crippen LogP contribution in [-0.2, 0) is 6.42 Å². The zero-order chi connectivity index (χ0) is 11.8. The quantitative estimate of drug-likeness (QED) is 0.793. The van der Waals surface area contributed by atoms with E-state index in [2.05, 4.69) is 18.0 Å². The van der Waals surface area contributed by atoms with Gasteiger partial charge < -0.3 is 9.47 Å². The number of fused-ring (bicyclic) bond motifs is 3. The number of hydrogen-bond acceptors (Lipinski definition) is 3. The molecule has 0 radical (unpaired) electrons. The summed E-state index contributed by atoms with van der Waals surface area (Å²) in [6.45, 7) is 5.46. The third-order valence-electron chi connectivity index (χ3n) is 3.13. The van der Waals surface area contributed by atoms with Crippen LogP contribution in [0.25, 0.3) is 10.9 Å². The van der Waals surface area contributed by atoms with E-state index >= 15 is 0 Å². The molecule has 0 spiro atoms. The molecule has 1 aliphatic rings. The van der Waals surface area contributed by atoms with Crippen LogP contribution in [0.4, 0.5) is 0 Å². The molecule has 2 aromatic rings. The van der Waals surface area contributed by atoms with Crippen LogP contribution in [-0.4, -0.2) is 18.2 Å². The monoisotopic (exact) mass is 229 g/mol. The SMILES string of the molecule is CCOc1cc(C)c2ccc3c(c2n1)CCO3. The summed E-state index contributed by atoms with van der Waals surface area (Å²) in [5.74, 6) is 1.68. The molecule has 88 valence electrons. The van der Waals surface area contributed by atoms with Gasteiger partial charge in [0.15, 0.2) is 0 Å². The molecule has 0 amide bonds. The minimum atomic E-state index is 0.642. The predicted molar refractivity (Wildman–Crippen MR) is 66.8 cm³/mol. The van der Waals surface area contributed by atoms with Crippen LogP contribution in [0, 0.1) is 6.92 Å². The summed E-state index contributed by atoms with van der Waals surface area (Å²) >= 11 is 0. The highest BCUT2D eigenvalue weighted by Crippen LogP contribution is 2.33. The molecule has 0 atom stereocenters. The number of aromatic nitrogens is 1. The second kappa shape index (κ2) is 3.91. The van der Waals surface area contributed by atoms with E-state index in [9.17, 15) is 0 Å². The van der Waals surface area contributed by atoms with Crippen LogP contribution >= 0.6 is 0 Å². The van der Waals surface area contributed by atoms with Crippen molar-refractivity contribution in [3.63, 3.8) is 0 Å². The molecule has 0 saturated carbocycles. The molecule has 0 saturated heterocycles. The Morgan fingerprint density at radius 2 is 2.29 bits per heavy atom. The molecule has 0 aliphatic carbocycles. The molecule has 3 heteroatoms. The van der Waals surface area contributed by atoms with Gasteiger partial charge in [0, 0.05) is 23.4 Å². The van der Waals surface area contributed by atoms with Crippen LogP contribution in [0.2, 0.25) is 0 Å². The lowest BCUT2D eigenvalue weighted by Crippen LogP contribution is -1.97. The first-order valence-electron chi connectivity index (χ1n) is 5.98. The van der Waals surface area contributed by atoms with Gasteiger partial charge >= 0.3 is 0 Å². The summed E-state index contributed by atoms with van der Waals surface area (Å²) < 4.78 is 11.1. The summed E-state index contributed by atoms with van der Waals surface area (Å²) in [4.78, 5) is 4.60. The second-order valence-electron chi connectivity index (χ2n) is 4.25. The van der Waals surface area contributed by atoms with Gasteiger partial charge in [0.25, 0.3) is 0 Å². The third-order valence-corrected chi connectivity index (χ3v) is 3.13. The lowest BCUT2D eigenvalue weighted by Gasteiger charge is -2.09. The highest BCUT2D eigenvalue weighted by atomic mass is 16.5. The van der Waals surface area contributed by atoms with E-state index in [1.165, 1.54) is 16.5 Å². The van der Waals surface area contributed by atoms with Crippen molar-refractivity contribution in [2.24, 2.45) is 0 Å². The Labute approximate surface area is 100 Å². The number of pyridine rings is 1. The molecule has 1 aromatic carbocycles. The summed E-state index contributed by atoms with van der Waals surface area (Å²) in [5, 5.41) is 1.19. The maximum atomic E-state index is 5.57. The summed E-state index contributed by atoms with van der Waals surface area (Å²) in [6, 6.07) is 6.12. The maximum Gasteiger partial charge on any atom is 0.214 e. The van der Waals surface area contributed by atoms with E-state index in [1.54, 1.807) is 0 Å². The van der Waals surface area contributed by atoms with Gasteiger partial charge in [-0.2, -0.15) is 0 Å². The van der Waals surface area contributed by atoms with Crippen molar-refractivity contribution < 1.29 is 9.47 Å². The largest absolute Gasteiger partial charge is 0.493 e. The molecule has 0 unspecified atom stereocenters. The van der Waals surface area contributed by atoms with Gasteiger partial charge in [0.05, 0.1) is 18.7 Å². The van der Waals surface area contributed by atoms with Gasteiger partial charge in [-0.05, 0) is 31.5 Å². The average Bonchev–Trinajstić information content (AvgIpc) is 2.77. The van der Waals surface area contributed by atoms with Crippen molar-refractivity contribution in [2.45, 2.75) is 20.3 Å². The minimum Gasteiger partial charge on any atom is -0.493 e. The number of aryl methyl sites for hydroxylation is 1. The van der Waals surface area contributed by atoms with Crippen LogP contribution in [0.3, 0.4) is 0 Å². The van der Waals surface area contributed by atoms with Crippen molar-refractivity contribution in [2.75, 3.05) is 13.2 Å². The van der Waals surface area contributed by atoms with Crippen LogP contribution in [0.5, 0.6) is 11.6 Å². The van der Waals surface area contributed by atoms with Gasteiger partial charge in [0.1, 0.15) is 5.75 Å². The predicted octanol–water partition coefficient (Wildman–Crippen LogP) is 2.88. The normalized spacial score (nSPS) is 13.5. The standard InChI is InChI=1S/C14H15NO2/c1-3-16-13-8-9(2)10-4-5-12-11(6-7-17-12)14(10)15-13/h4-5,8H,3,6-7H2,1-2H3. The van der Waals surface area contributed by atoms with Gasteiger partial charge in [0.2, 0.25) is 5.88 Å². The Balaban J connectivity index is 2.27. The molecular formula is C14H15NO2. The zero-order valence-corrected chi connectivity index (χ0v) is 10.1. The van der Waals surface area contributed by atoms with E-state index in [0.29, 0.717) is 12.5 Å². The van der Waals surface area contributed by atoms with Crippen LogP contribution in [0.1, 0.15) is 18.1 Å². The number of benzene rings is 1. The number of rotatable bonds is 2. The fourth-order valence-corrected chi connectivity index (χ4v) is 2.33. The topological polar surface area (TPSA) is 31.4 Å². The first-order chi connectivity index (χ1) is 8.29. The number of ether oxygens (including phenoxy) is 2. The van der Waals surface area contributed by atoms with Gasteiger partial charge in [-0.25, -0.2) is 4.98 Å². The minimum absolute atomic E-state index is 0.642. The summed E-state index contributed by atoms with van der Waals surface area (Å²) in [7, 11) is 0. The molecule has 17 heavy (non-hydrogen) atoms. The van der Waals surface area contributed by atoms with E-state index < -0.39 is 0 Å². The van der Waals surface area contributed by atoms with Crippen molar-refractivity contribution >= 4 is 10.9 Å². The van der Waals surface area contributed by atoms with Crippen molar-refractivity contribution in [1.82, 2.24) is 4.98 Å². The fourth-order valence-electron chi connectivity index (χ4n) is 2.33. The van der Waals surface area contributed by atoms with Gasteiger partial charge in [-0.1, -0.05) is 0 Å². The first-order valence-corrected chi connectivity index (χ1v) is 5.98. The molecular weight excluding hydrogens is 214 g/mol. The van der Waals surface area contributed by atoms with Crippen molar-refractivity contribution in [3.05, 3.63) is 29.3 Å². The van der Waals surface area contributed by atoms with Crippen molar-refractivity contribution in [1.29, 1.82) is 0 Å². The van der Waals surface area contributed by atoms with Crippen LogP contribution in [0.15, 0.2) is 18.2 Å². The Morgan fingerprint density at radius 1 is 1.41 bits per heavy atom. The second-order valence-corrected chi connectivity index (χ2v) is 4.25. The molecule has 0 fully saturated rings. The zero-order valence-electron chi connectivity index (χ0n) is 10.1. The Morgan fingerprint density at radius 3 is 3.12 bits per heavy atom. The lowest BCUT2D eigenvalue weighted by atomic mass is 10.0. The fraction of sp³-hybridized carbons (Fsp3) is 0.357. The third kappa shape index (κ3) is 1.62. The van der Waals surface area contributed by atoms with E-state index in [-0.39, 0.29) is 0 Å². The first kappa shape index (κ1) is 10.4. The highest BCUT2D eigenvalue weighted by molar-refractivity contribution is 5.87. The average molecular weight is 229 g/mol. The number of hydrogen-bond donors (Lipinski definition) is 0. The van der Waals surface area contributed by atoms with Gasteiger partial charge in [-0.3, -0.25) is 0 Å². The molecule has 3 rings (SSSR count). The van der Waals surface area contributed by atoms with Crippen LogP contribution < -0.4 is 9.47 Å². The van der Waals surface area contributed by atoms with E-state index in [0.717, 1.165) is 24.3 Å². The molecule has 1 aliphatic heterocycles. The van der Waals surface area contributed by atoms with E-state index in [1.807, 2.05) is 19.1 Å². The summed E-state index contributed by atoms with van der Waals surface area (Å²) in [5.41, 5.74) is 3.45. The molecule has 2 heterocycles. The number of nitrogens with zero attached hydrogens (tertiary/aromatic N) is 1. The smallest absolute Gasteiger partial charge is 0.214 e.